The lowest BCUT2D eigenvalue weighted by atomic mass is 10.1. The number of aryl methyl sites for hydroxylation is 1. The molecule has 1 N–H and O–H groups in total. The van der Waals surface area contributed by atoms with Gasteiger partial charge >= 0.3 is 0 Å². The van der Waals surface area contributed by atoms with Gasteiger partial charge in [0, 0.05) is 31.7 Å². The number of halogens is 2. The number of hydrogen-bond acceptors (Lipinski definition) is 4. The lowest BCUT2D eigenvalue weighted by Crippen LogP contribution is -2.55. The molecule has 0 bridgehead atoms. The van der Waals surface area contributed by atoms with Gasteiger partial charge in [-0.2, -0.15) is 4.72 Å². The summed E-state index contributed by atoms with van der Waals surface area (Å²) >= 11 is 0. The minimum Gasteiger partial charge on any atom is -0.338 e. The smallest absolute Gasteiger partial charge is 0.254 e. The molecule has 2 aromatic carbocycles. The standard InChI is InChI=1S/C21H23F2N3O4S/c1-14-7-8-16(13-18(14)23)21(28)26-11-9-25(10-12-26)20(27)15(2)24-31(29,30)19-6-4-3-5-17(19)22/h3-8,13,15,24H,9-12H2,1-2H3/t15-/m0/s1. The van der Waals surface area contributed by atoms with Crippen LogP contribution in [0.5, 0.6) is 0 Å². The van der Waals surface area contributed by atoms with Gasteiger partial charge in [-0.1, -0.05) is 18.2 Å². The molecule has 0 radical (unpaired) electrons. The zero-order chi connectivity index (χ0) is 22.8. The largest absolute Gasteiger partial charge is 0.338 e. The molecule has 2 aromatic rings. The van der Waals surface area contributed by atoms with Gasteiger partial charge in [-0.3, -0.25) is 9.59 Å². The number of rotatable bonds is 5. The molecule has 7 nitrogen and oxygen atoms in total. The molecular weight excluding hydrogens is 428 g/mol. The van der Waals surface area contributed by atoms with Crippen LogP contribution in [0.3, 0.4) is 0 Å². The predicted molar refractivity (Wildman–Crippen MR) is 110 cm³/mol. The lowest BCUT2D eigenvalue weighted by Gasteiger charge is -2.36. The van der Waals surface area contributed by atoms with E-state index in [-0.39, 0.29) is 37.6 Å². The maximum absolute atomic E-state index is 13.8. The highest BCUT2D eigenvalue weighted by atomic mass is 32.2. The number of amides is 2. The molecule has 1 aliphatic rings. The minimum absolute atomic E-state index is 0.199. The SMILES string of the molecule is Cc1ccc(C(=O)N2CCN(C(=O)[C@H](C)NS(=O)(=O)c3ccccc3F)CC2)cc1F. The Hall–Kier alpha value is -2.85. The van der Waals surface area contributed by atoms with Crippen molar-refractivity contribution in [2.24, 2.45) is 0 Å². The highest BCUT2D eigenvalue weighted by molar-refractivity contribution is 7.89. The molecule has 0 aromatic heterocycles. The predicted octanol–water partition coefficient (Wildman–Crippen LogP) is 1.92. The number of benzene rings is 2. The minimum atomic E-state index is -4.21. The van der Waals surface area contributed by atoms with Crippen LogP contribution in [0.1, 0.15) is 22.8 Å². The van der Waals surface area contributed by atoms with Gasteiger partial charge in [-0.25, -0.2) is 17.2 Å². The van der Waals surface area contributed by atoms with Crippen LogP contribution in [0.4, 0.5) is 8.78 Å². The molecule has 0 saturated carbocycles. The van der Waals surface area contributed by atoms with Crippen LogP contribution < -0.4 is 4.72 Å². The van der Waals surface area contributed by atoms with E-state index in [0.717, 1.165) is 12.1 Å². The fourth-order valence-electron chi connectivity index (χ4n) is 3.32. The topological polar surface area (TPSA) is 86.8 Å². The van der Waals surface area contributed by atoms with E-state index in [9.17, 15) is 26.8 Å². The Balaban J connectivity index is 1.60. The quantitative estimate of drug-likeness (QED) is 0.753. The highest BCUT2D eigenvalue weighted by Gasteiger charge is 2.30. The van der Waals surface area contributed by atoms with E-state index in [1.165, 1.54) is 41.0 Å². The van der Waals surface area contributed by atoms with E-state index >= 15 is 0 Å². The van der Waals surface area contributed by atoms with Crippen LogP contribution >= 0.6 is 0 Å². The summed E-state index contributed by atoms with van der Waals surface area (Å²) < 4.78 is 54.6. The second-order valence-corrected chi connectivity index (χ2v) is 9.04. The molecule has 0 aliphatic carbocycles. The summed E-state index contributed by atoms with van der Waals surface area (Å²) in [5, 5.41) is 0. The summed E-state index contributed by atoms with van der Waals surface area (Å²) in [5.74, 6) is -2.18. The molecule has 1 saturated heterocycles. The molecule has 31 heavy (non-hydrogen) atoms. The first-order valence-electron chi connectivity index (χ1n) is 9.71. The van der Waals surface area contributed by atoms with Crippen LogP contribution in [-0.2, 0) is 14.8 Å². The van der Waals surface area contributed by atoms with E-state index < -0.39 is 38.5 Å². The number of nitrogens with one attached hydrogen (secondary N) is 1. The second kappa shape index (κ2) is 9.11. The third-order valence-corrected chi connectivity index (χ3v) is 6.70. The molecule has 10 heteroatoms. The highest BCUT2D eigenvalue weighted by Crippen LogP contribution is 2.16. The van der Waals surface area contributed by atoms with Gasteiger partial charge in [0.1, 0.15) is 16.5 Å². The van der Waals surface area contributed by atoms with Gasteiger partial charge in [-0.05, 0) is 43.7 Å². The molecule has 3 rings (SSSR count). The molecule has 0 unspecified atom stereocenters. The van der Waals surface area contributed by atoms with Crippen molar-refractivity contribution in [2.75, 3.05) is 26.2 Å². The number of nitrogens with zero attached hydrogens (tertiary/aromatic N) is 2. The van der Waals surface area contributed by atoms with Crippen molar-refractivity contribution < 1.29 is 26.8 Å². The van der Waals surface area contributed by atoms with Gasteiger partial charge in [-0.15, -0.1) is 0 Å². The number of sulfonamides is 1. The normalized spacial score (nSPS) is 15.6. The fraction of sp³-hybridized carbons (Fsp3) is 0.333. The summed E-state index contributed by atoms with van der Waals surface area (Å²) in [7, 11) is -4.21. The van der Waals surface area contributed by atoms with Crippen LogP contribution in [0.15, 0.2) is 47.4 Å². The Morgan fingerprint density at radius 3 is 2.19 bits per heavy atom. The number of piperazine rings is 1. The van der Waals surface area contributed by atoms with Crippen molar-refractivity contribution in [3.8, 4) is 0 Å². The molecule has 1 aliphatic heterocycles. The summed E-state index contributed by atoms with van der Waals surface area (Å²) in [5.41, 5.74) is 0.674. The van der Waals surface area contributed by atoms with Crippen LogP contribution in [0.2, 0.25) is 0 Å². The molecule has 1 fully saturated rings. The van der Waals surface area contributed by atoms with Crippen molar-refractivity contribution in [2.45, 2.75) is 24.8 Å². The summed E-state index contributed by atoms with van der Waals surface area (Å²) in [6, 6.07) is 8.07. The van der Waals surface area contributed by atoms with E-state index in [4.69, 9.17) is 0 Å². The fourth-order valence-corrected chi connectivity index (χ4v) is 4.60. The molecule has 0 spiro atoms. The molecule has 166 valence electrons. The first kappa shape index (κ1) is 22.8. The summed E-state index contributed by atoms with van der Waals surface area (Å²) in [6.07, 6.45) is 0. The Kier molecular flexibility index (Phi) is 6.71. The van der Waals surface area contributed by atoms with Crippen LogP contribution in [0.25, 0.3) is 0 Å². The van der Waals surface area contributed by atoms with E-state index in [0.29, 0.717) is 5.56 Å². The van der Waals surface area contributed by atoms with Gasteiger partial charge in [0.25, 0.3) is 5.91 Å². The Labute approximate surface area is 179 Å². The van der Waals surface area contributed by atoms with Crippen molar-refractivity contribution in [1.29, 1.82) is 0 Å². The second-order valence-electron chi connectivity index (χ2n) is 7.35. The van der Waals surface area contributed by atoms with Crippen molar-refractivity contribution in [3.05, 3.63) is 65.2 Å². The lowest BCUT2D eigenvalue weighted by molar-refractivity contribution is -0.134. The average molecular weight is 451 g/mol. The summed E-state index contributed by atoms with van der Waals surface area (Å²) in [6.45, 7) is 3.85. The van der Waals surface area contributed by atoms with Gasteiger partial charge < -0.3 is 9.80 Å². The monoisotopic (exact) mass is 451 g/mol. The number of carbonyl (C=O) groups excluding carboxylic acids is 2. The van der Waals surface area contributed by atoms with Crippen LogP contribution in [0, 0.1) is 18.6 Å². The van der Waals surface area contributed by atoms with Crippen molar-refractivity contribution >= 4 is 21.8 Å². The van der Waals surface area contributed by atoms with E-state index in [1.807, 2.05) is 0 Å². The van der Waals surface area contributed by atoms with Gasteiger partial charge in [0.15, 0.2) is 0 Å². The number of carbonyl (C=O) groups is 2. The Morgan fingerprint density at radius 1 is 0.968 bits per heavy atom. The van der Waals surface area contributed by atoms with E-state index in [2.05, 4.69) is 4.72 Å². The Morgan fingerprint density at radius 2 is 1.58 bits per heavy atom. The van der Waals surface area contributed by atoms with Gasteiger partial charge in [0.2, 0.25) is 15.9 Å². The van der Waals surface area contributed by atoms with Crippen molar-refractivity contribution in [1.82, 2.24) is 14.5 Å². The van der Waals surface area contributed by atoms with Gasteiger partial charge in [0.05, 0.1) is 6.04 Å². The average Bonchev–Trinajstić information content (AvgIpc) is 2.74. The van der Waals surface area contributed by atoms with E-state index in [1.54, 1.807) is 13.0 Å². The summed E-state index contributed by atoms with van der Waals surface area (Å²) in [4.78, 5) is 27.7. The first-order chi connectivity index (χ1) is 14.6. The maximum atomic E-state index is 13.8. The first-order valence-corrected chi connectivity index (χ1v) is 11.2. The third kappa shape index (κ3) is 5.08. The molecule has 1 atom stereocenters. The van der Waals surface area contributed by atoms with Crippen LogP contribution in [-0.4, -0.2) is 62.3 Å². The number of hydrogen-bond donors (Lipinski definition) is 1. The maximum Gasteiger partial charge on any atom is 0.254 e. The van der Waals surface area contributed by atoms with Crippen molar-refractivity contribution in [3.63, 3.8) is 0 Å². The zero-order valence-electron chi connectivity index (χ0n) is 17.1. The third-order valence-electron chi connectivity index (χ3n) is 5.13. The molecular formula is C21H23F2N3O4S. The Bertz CT molecular complexity index is 1100. The zero-order valence-corrected chi connectivity index (χ0v) is 18.0. The molecule has 1 heterocycles. The molecule has 2 amide bonds.